The second-order valence-electron chi connectivity index (χ2n) is 6.34. The lowest BCUT2D eigenvalue weighted by Crippen LogP contribution is -2.24. The minimum absolute atomic E-state index is 0.0817. The topological polar surface area (TPSA) is 94.3 Å². The number of carbonyl (C=O) groups is 2. The molecule has 134 valence electrons. The fourth-order valence-corrected chi connectivity index (χ4v) is 4.74. The van der Waals surface area contributed by atoms with E-state index in [0.717, 1.165) is 0 Å². The Labute approximate surface area is 156 Å². The molecule has 0 radical (unpaired) electrons. The fraction of sp³-hybridized carbons (Fsp3) is 0.0476. The predicted octanol–water partition coefficient (Wildman–Crippen LogP) is 3.02. The maximum Gasteiger partial charge on any atom is 0.196 e. The van der Waals surface area contributed by atoms with E-state index in [4.69, 9.17) is 5.73 Å². The van der Waals surface area contributed by atoms with Crippen molar-refractivity contribution in [2.45, 2.75) is 10.6 Å². The van der Waals surface area contributed by atoms with Crippen molar-refractivity contribution in [3.8, 4) is 0 Å². The van der Waals surface area contributed by atoms with Crippen LogP contribution in [0.4, 0.5) is 5.69 Å². The van der Waals surface area contributed by atoms with E-state index in [1.165, 1.54) is 24.3 Å². The number of anilines is 1. The quantitative estimate of drug-likeness (QED) is 0.554. The van der Waals surface area contributed by atoms with Crippen LogP contribution in [0, 0.1) is 0 Å². The summed E-state index contributed by atoms with van der Waals surface area (Å²) in [4.78, 5) is 26.1. The summed E-state index contributed by atoms with van der Waals surface area (Å²) in [6.07, 6.45) is 0. The smallest absolute Gasteiger partial charge is 0.196 e. The van der Waals surface area contributed by atoms with E-state index in [9.17, 15) is 18.0 Å². The molecule has 0 heterocycles. The Balaban J connectivity index is 1.89. The van der Waals surface area contributed by atoms with E-state index in [0.29, 0.717) is 0 Å². The molecule has 2 N–H and O–H groups in total. The van der Waals surface area contributed by atoms with Gasteiger partial charge in [0.05, 0.1) is 16.2 Å². The van der Waals surface area contributed by atoms with E-state index in [1.807, 2.05) is 0 Å². The molecule has 0 bridgehead atoms. The third kappa shape index (κ3) is 2.74. The highest BCUT2D eigenvalue weighted by molar-refractivity contribution is 7.90. The molecule has 6 heteroatoms. The molecule has 0 saturated carbocycles. The first kappa shape index (κ1) is 17.2. The minimum atomic E-state index is -3.68. The van der Waals surface area contributed by atoms with E-state index in [2.05, 4.69) is 0 Å². The van der Waals surface area contributed by atoms with Crippen LogP contribution in [0.2, 0.25) is 0 Å². The zero-order valence-electron chi connectivity index (χ0n) is 14.2. The van der Waals surface area contributed by atoms with Gasteiger partial charge in [-0.05, 0) is 23.8 Å². The highest BCUT2D eigenvalue weighted by Gasteiger charge is 2.34. The first-order chi connectivity index (χ1) is 12.9. The molecule has 5 nitrogen and oxygen atoms in total. The van der Waals surface area contributed by atoms with Gasteiger partial charge in [-0.25, -0.2) is 8.42 Å². The van der Waals surface area contributed by atoms with Crippen molar-refractivity contribution in [3.05, 3.63) is 94.5 Å². The summed E-state index contributed by atoms with van der Waals surface area (Å²) in [5.74, 6) is -1.14. The van der Waals surface area contributed by atoms with Crippen molar-refractivity contribution in [3.63, 3.8) is 0 Å². The van der Waals surface area contributed by atoms with Crippen LogP contribution in [0.1, 0.15) is 37.4 Å². The Hall–Kier alpha value is -3.25. The molecule has 0 aromatic heterocycles. The van der Waals surface area contributed by atoms with Gasteiger partial charge in [-0.1, -0.05) is 48.5 Å². The summed E-state index contributed by atoms with van der Waals surface area (Å²) in [5.41, 5.74) is 7.12. The number of ketones is 2. The highest BCUT2D eigenvalue weighted by atomic mass is 32.2. The summed E-state index contributed by atoms with van der Waals surface area (Å²) in [5, 5.41) is 0. The maximum absolute atomic E-state index is 13.0. The lowest BCUT2D eigenvalue weighted by atomic mass is 9.81. The van der Waals surface area contributed by atoms with Crippen LogP contribution in [-0.4, -0.2) is 20.0 Å². The predicted molar refractivity (Wildman–Crippen MR) is 101 cm³/mol. The SMILES string of the molecule is Nc1ccc(CS(=O)(=O)c2ccccc2)c2c1C(=O)c1ccccc1C2=O. The Morgan fingerprint density at radius 2 is 1.26 bits per heavy atom. The first-order valence-electron chi connectivity index (χ1n) is 8.28. The van der Waals surface area contributed by atoms with Crippen LogP contribution < -0.4 is 5.73 Å². The second-order valence-corrected chi connectivity index (χ2v) is 8.33. The second kappa shape index (κ2) is 6.17. The van der Waals surface area contributed by atoms with Gasteiger partial charge in [0.2, 0.25) is 0 Å². The molecule has 0 aliphatic heterocycles. The Kier molecular flexibility index (Phi) is 3.93. The lowest BCUT2D eigenvalue weighted by Gasteiger charge is -2.21. The van der Waals surface area contributed by atoms with Gasteiger partial charge in [-0.15, -0.1) is 0 Å². The summed E-state index contributed by atoms with van der Waals surface area (Å²) >= 11 is 0. The van der Waals surface area contributed by atoms with Crippen LogP contribution in [0.25, 0.3) is 0 Å². The molecule has 0 spiro atoms. The molecule has 0 saturated heterocycles. The summed E-state index contributed by atoms with van der Waals surface area (Å²) < 4.78 is 25.6. The number of sulfone groups is 1. The first-order valence-corrected chi connectivity index (χ1v) is 9.93. The number of fused-ring (bicyclic) bond motifs is 2. The third-order valence-corrected chi connectivity index (χ3v) is 6.32. The van der Waals surface area contributed by atoms with Crippen molar-refractivity contribution in [2.75, 3.05) is 5.73 Å². The number of hydrogen-bond acceptors (Lipinski definition) is 5. The van der Waals surface area contributed by atoms with Crippen molar-refractivity contribution < 1.29 is 18.0 Å². The molecule has 0 fully saturated rings. The molecule has 3 aromatic carbocycles. The monoisotopic (exact) mass is 377 g/mol. The van der Waals surface area contributed by atoms with Crippen molar-refractivity contribution in [1.82, 2.24) is 0 Å². The molecular weight excluding hydrogens is 362 g/mol. The number of hydrogen-bond donors (Lipinski definition) is 1. The molecule has 0 atom stereocenters. The maximum atomic E-state index is 13.0. The standard InChI is InChI=1S/C21H15NO4S/c22-17-11-10-13(12-27(25,26)14-6-2-1-3-7-14)18-19(17)21(24)16-9-5-4-8-15(16)20(18)23/h1-11H,12,22H2. The van der Waals surface area contributed by atoms with Crippen LogP contribution in [-0.2, 0) is 15.6 Å². The Morgan fingerprint density at radius 3 is 1.89 bits per heavy atom. The Bertz CT molecular complexity index is 1200. The fourth-order valence-electron chi connectivity index (χ4n) is 3.35. The molecule has 1 aliphatic carbocycles. The molecule has 0 amide bonds. The van der Waals surface area contributed by atoms with Gasteiger partial charge in [-0.2, -0.15) is 0 Å². The number of carbonyl (C=O) groups excluding carboxylic acids is 2. The number of benzene rings is 3. The van der Waals surface area contributed by atoms with Gasteiger partial charge >= 0.3 is 0 Å². The van der Waals surface area contributed by atoms with Crippen LogP contribution in [0.5, 0.6) is 0 Å². The normalized spacial score (nSPS) is 13.2. The van der Waals surface area contributed by atoms with E-state index < -0.39 is 9.84 Å². The average Bonchev–Trinajstić information content (AvgIpc) is 2.68. The van der Waals surface area contributed by atoms with Crippen molar-refractivity contribution in [2.24, 2.45) is 0 Å². The average molecular weight is 377 g/mol. The van der Waals surface area contributed by atoms with Crippen molar-refractivity contribution >= 4 is 27.1 Å². The lowest BCUT2D eigenvalue weighted by molar-refractivity contribution is 0.0979. The van der Waals surface area contributed by atoms with Crippen molar-refractivity contribution in [1.29, 1.82) is 0 Å². The van der Waals surface area contributed by atoms with Crippen LogP contribution in [0.15, 0.2) is 71.6 Å². The Morgan fingerprint density at radius 1 is 0.704 bits per heavy atom. The number of rotatable bonds is 3. The zero-order valence-corrected chi connectivity index (χ0v) is 15.0. The molecule has 4 rings (SSSR count). The molecule has 3 aromatic rings. The number of nitrogen functional groups attached to an aromatic ring is 1. The van der Waals surface area contributed by atoms with E-state index in [1.54, 1.807) is 42.5 Å². The minimum Gasteiger partial charge on any atom is -0.398 e. The van der Waals surface area contributed by atoms with E-state index in [-0.39, 0.29) is 55.7 Å². The van der Waals surface area contributed by atoms with E-state index >= 15 is 0 Å². The van der Waals surface area contributed by atoms with Crippen LogP contribution in [0.3, 0.4) is 0 Å². The van der Waals surface area contributed by atoms with Gasteiger partial charge in [0, 0.05) is 22.4 Å². The largest absolute Gasteiger partial charge is 0.398 e. The molecular formula is C21H15NO4S. The highest BCUT2D eigenvalue weighted by Crippen LogP contribution is 2.34. The molecule has 0 unspecified atom stereocenters. The van der Waals surface area contributed by atoms with Crippen LogP contribution >= 0.6 is 0 Å². The molecule has 1 aliphatic rings. The molecule has 27 heavy (non-hydrogen) atoms. The summed E-state index contributed by atoms with van der Waals surface area (Å²) in [7, 11) is -3.68. The van der Waals surface area contributed by atoms with Gasteiger partial charge in [-0.3, -0.25) is 9.59 Å². The van der Waals surface area contributed by atoms with Gasteiger partial charge in [0.15, 0.2) is 21.4 Å². The van der Waals surface area contributed by atoms with Gasteiger partial charge in [0.1, 0.15) is 0 Å². The zero-order chi connectivity index (χ0) is 19.2. The third-order valence-electron chi connectivity index (χ3n) is 4.64. The summed E-state index contributed by atoms with van der Waals surface area (Å²) in [6, 6.07) is 17.5. The summed E-state index contributed by atoms with van der Waals surface area (Å²) in [6.45, 7) is 0. The van der Waals surface area contributed by atoms with Gasteiger partial charge < -0.3 is 5.73 Å². The van der Waals surface area contributed by atoms with Gasteiger partial charge in [0.25, 0.3) is 0 Å². The number of nitrogens with two attached hydrogens (primary N) is 1.